The quantitative estimate of drug-likeness (QED) is 0.691. The second kappa shape index (κ2) is 8.26. The van der Waals surface area contributed by atoms with E-state index in [1.165, 1.54) is 6.08 Å². The normalized spacial score (nSPS) is 10.9. The lowest BCUT2D eigenvalue weighted by molar-refractivity contribution is -0.116. The molecule has 0 aliphatic rings. The Labute approximate surface area is 151 Å². The SMILES string of the molecule is O=C(/C=C/c1ccccc1Cl)NCCn1ccnc1-c1ccccn1. The number of aromatic nitrogens is 3. The average Bonchev–Trinajstić information content (AvgIpc) is 3.10. The third-order valence-electron chi connectivity index (χ3n) is 3.58. The van der Waals surface area contributed by atoms with Gasteiger partial charge >= 0.3 is 0 Å². The van der Waals surface area contributed by atoms with Gasteiger partial charge in [0.15, 0.2) is 5.82 Å². The summed E-state index contributed by atoms with van der Waals surface area (Å²) in [5.74, 6) is 0.612. The number of nitrogens with one attached hydrogen (secondary N) is 1. The molecule has 126 valence electrons. The summed E-state index contributed by atoms with van der Waals surface area (Å²) in [4.78, 5) is 20.6. The van der Waals surface area contributed by atoms with Crippen molar-refractivity contribution in [3.8, 4) is 11.5 Å². The van der Waals surface area contributed by atoms with E-state index in [1.807, 2.05) is 47.2 Å². The molecular weight excluding hydrogens is 336 g/mol. The Morgan fingerprint density at radius 2 is 1.96 bits per heavy atom. The van der Waals surface area contributed by atoms with Crippen LogP contribution in [0.4, 0.5) is 0 Å². The third kappa shape index (κ3) is 4.55. The summed E-state index contributed by atoms with van der Waals surface area (Å²) in [6.07, 6.45) is 8.51. The second-order valence-electron chi connectivity index (χ2n) is 5.31. The van der Waals surface area contributed by atoms with Crippen molar-refractivity contribution in [2.24, 2.45) is 0 Å². The first kappa shape index (κ1) is 16.9. The molecule has 0 spiro atoms. The maximum Gasteiger partial charge on any atom is 0.244 e. The fourth-order valence-corrected chi connectivity index (χ4v) is 2.55. The largest absolute Gasteiger partial charge is 0.351 e. The molecule has 0 saturated carbocycles. The first-order valence-electron chi connectivity index (χ1n) is 7.87. The number of pyridine rings is 1. The molecule has 1 N–H and O–H groups in total. The van der Waals surface area contributed by atoms with Crippen LogP contribution in [0.3, 0.4) is 0 Å². The number of rotatable bonds is 6. The number of carbonyl (C=O) groups is 1. The summed E-state index contributed by atoms with van der Waals surface area (Å²) >= 11 is 6.06. The third-order valence-corrected chi connectivity index (χ3v) is 3.93. The standard InChI is InChI=1S/C19H17ClN4O/c20-16-6-2-1-5-15(16)8-9-18(25)22-11-13-24-14-12-23-19(24)17-7-3-4-10-21-17/h1-10,12,14H,11,13H2,(H,22,25)/b9-8+. The van der Waals surface area contributed by atoms with Crippen LogP contribution >= 0.6 is 11.6 Å². The molecule has 0 aliphatic carbocycles. The van der Waals surface area contributed by atoms with Gasteiger partial charge in [0.05, 0.1) is 0 Å². The van der Waals surface area contributed by atoms with Gasteiger partial charge in [-0.05, 0) is 29.8 Å². The van der Waals surface area contributed by atoms with Crippen molar-refractivity contribution in [1.29, 1.82) is 0 Å². The Kier molecular flexibility index (Phi) is 5.59. The van der Waals surface area contributed by atoms with Crippen LogP contribution in [0.25, 0.3) is 17.6 Å². The average molecular weight is 353 g/mol. The van der Waals surface area contributed by atoms with Crippen molar-refractivity contribution in [1.82, 2.24) is 19.9 Å². The molecule has 3 rings (SSSR count). The van der Waals surface area contributed by atoms with Gasteiger partial charge < -0.3 is 9.88 Å². The molecule has 0 atom stereocenters. The van der Waals surface area contributed by atoms with Crippen molar-refractivity contribution in [2.45, 2.75) is 6.54 Å². The predicted octanol–water partition coefficient (Wildman–Crippen LogP) is 3.43. The van der Waals surface area contributed by atoms with E-state index in [2.05, 4.69) is 15.3 Å². The minimum atomic E-state index is -0.167. The maximum atomic E-state index is 11.9. The lowest BCUT2D eigenvalue weighted by Gasteiger charge is -2.07. The zero-order valence-electron chi connectivity index (χ0n) is 13.5. The molecule has 1 amide bonds. The van der Waals surface area contributed by atoms with Crippen LogP contribution in [-0.2, 0) is 11.3 Å². The molecule has 5 nitrogen and oxygen atoms in total. The minimum Gasteiger partial charge on any atom is -0.351 e. The Morgan fingerprint density at radius 1 is 1.12 bits per heavy atom. The number of amides is 1. The topological polar surface area (TPSA) is 59.8 Å². The molecule has 0 fully saturated rings. The summed E-state index contributed by atoms with van der Waals surface area (Å²) in [7, 11) is 0. The number of carbonyl (C=O) groups excluding carboxylic acids is 1. The van der Waals surface area contributed by atoms with Crippen molar-refractivity contribution in [3.63, 3.8) is 0 Å². The van der Waals surface area contributed by atoms with Crippen LogP contribution in [-0.4, -0.2) is 27.0 Å². The van der Waals surface area contributed by atoms with Gasteiger partial charge in [-0.1, -0.05) is 35.9 Å². The molecule has 0 saturated heterocycles. The second-order valence-corrected chi connectivity index (χ2v) is 5.71. The Hall–Kier alpha value is -2.92. The Morgan fingerprint density at radius 3 is 2.76 bits per heavy atom. The molecule has 0 aliphatic heterocycles. The monoisotopic (exact) mass is 352 g/mol. The molecule has 25 heavy (non-hydrogen) atoms. The number of benzene rings is 1. The van der Waals surface area contributed by atoms with Crippen molar-refractivity contribution in [2.75, 3.05) is 6.54 Å². The summed E-state index contributed by atoms with van der Waals surface area (Å²) in [6, 6.07) is 13.1. The number of hydrogen-bond acceptors (Lipinski definition) is 3. The van der Waals surface area contributed by atoms with Gasteiger partial charge in [0.25, 0.3) is 0 Å². The van der Waals surface area contributed by atoms with Gasteiger partial charge in [0.2, 0.25) is 5.91 Å². The Balaban J connectivity index is 1.55. The van der Waals surface area contributed by atoms with E-state index in [1.54, 1.807) is 24.5 Å². The fourth-order valence-electron chi connectivity index (χ4n) is 2.35. The molecule has 0 radical (unpaired) electrons. The van der Waals surface area contributed by atoms with Gasteiger partial charge in [-0.3, -0.25) is 9.78 Å². The van der Waals surface area contributed by atoms with E-state index < -0.39 is 0 Å². The van der Waals surface area contributed by atoms with Crippen LogP contribution in [0, 0.1) is 0 Å². The van der Waals surface area contributed by atoms with Crippen LogP contribution in [0.5, 0.6) is 0 Å². The van der Waals surface area contributed by atoms with Crippen molar-refractivity contribution >= 4 is 23.6 Å². The molecule has 6 heteroatoms. The highest BCUT2D eigenvalue weighted by Crippen LogP contribution is 2.16. The fraction of sp³-hybridized carbons (Fsp3) is 0.105. The lowest BCUT2D eigenvalue weighted by atomic mass is 10.2. The van der Waals surface area contributed by atoms with Gasteiger partial charge in [-0.15, -0.1) is 0 Å². The number of nitrogens with zero attached hydrogens (tertiary/aromatic N) is 3. The highest BCUT2D eigenvalue weighted by molar-refractivity contribution is 6.32. The van der Waals surface area contributed by atoms with E-state index >= 15 is 0 Å². The molecule has 0 bridgehead atoms. The van der Waals surface area contributed by atoms with E-state index in [-0.39, 0.29) is 5.91 Å². The van der Waals surface area contributed by atoms with Gasteiger partial charge in [-0.2, -0.15) is 0 Å². The predicted molar refractivity (Wildman–Crippen MR) is 99.0 cm³/mol. The highest BCUT2D eigenvalue weighted by Gasteiger charge is 2.06. The molecule has 0 unspecified atom stereocenters. The van der Waals surface area contributed by atoms with Crippen LogP contribution in [0.1, 0.15) is 5.56 Å². The molecule has 2 heterocycles. The number of imidazole rings is 1. The van der Waals surface area contributed by atoms with Crippen LogP contribution < -0.4 is 5.32 Å². The summed E-state index contributed by atoms with van der Waals surface area (Å²) in [5, 5.41) is 3.47. The Bertz CT molecular complexity index is 874. The summed E-state index contributed by atoms with van der Waals surface area (Å²) < 4.78 is 1.96. The number of halogens is 1. The van der Waals surface area contributed by atoms with Crippen LogP contribution in [0.15, 0.2) is 67.1 Å². The maximum absolute atomic E-state index is 11.9. The van der Waals surface area contributed by atoms with E-state index in [9.17, 15) is 4.79 Å². The van der Waals surface area contributed by atoms with Gasteiger partial charge in [0.1, 0.15) is 5.69 Å². The van der Waals surface area contributed by atoms with Crippen molar-refractivity contribution < 1.29 is 4.79 Å². The smallest absolute Gasteiger partial charge is 0.244 e. The summed E-state index contributed by atoms with van der Waals surface area (Å²) in [6.45, 7) is 1.10. The van der Waals surface area contributed by atoms with Gasteiger partial charge in [-0.25, -0.2) is 4.98 Å². The minimum absolute atomic E-state index is 0.167. The van der Waals surface area contributed by atoms with E-state index in [0.29, 0.717) is 18.1 Å². The van der Waals surface area contributed by atoms with Crippen molar-refractivity contribution in [3.05, 3.63) is 77.7 Å². The summed E-state index contributed by atoms with van der Waals surface area (Å²) in [5.41, 5.74) is 1.61. The zero-order chi connectivity index (χ0) is 17.5. The molecule has 1 aromatic carbocycles. The zero-order valence-corrected chi connectivity index (χ0v) is 14.2. The lowest BCUT2D eigenvalue weighted by Crippen LogP contribution is -2.25. The highest BCUT2D eigenvalue weighted by atomic mass is 35.5. The van der Waals surface area contributed by atoms with Crippen LogP contribution in [0.2, 0.25) is 5.02 Å². The first-order valence-corrected chi connectivity index (χ1v) is 8.25. The van der Waals surface area contributed by atoms with Gasteiger partial charge in [0, 0.05) is 42.8 Å². The molecule has 2 aromatic heterocycles. The molecular formula is C19H17ClN4O. The molecule has 3 aromatic rings. The number of hydrogen-bond donors (Lipinski definition) is 1. The van der Waals surface area contributed by atoms with E-state index in [0.717, 1.165) is 17.1 Å². The van der Waals surface area contributed by atoms with E-state index in [4.69, 9.17) is 11.6 Å². The first-order chi connectivity index (χ1) is 12.2.